The monoisotopic (exact) mass is 300 g/mol. The molecule has 2 saturated heterocycles. The maximum atomic E-state index is 13.2. The standard InChI is InChI=1S/C17H17FN2O2/c18-11-3-1-2-10(8-11)15-6-7-16(22-15)17(21)20-14-9-12-4-5-13(14)19-12/h1-3,6-8,12-14,19H,4-5,9H2,(H,20,21)/t12?,13?,14-/m1/s1. The van der Waals surface area contributed by atoms with Crippen molar-refractivity contribution >= 4 is 5.91 Å². The third-order valence-electron chi connectivity index (χ3n) is 4.56. The minimum absolute atomic E-state index is 0.175. The number of amides is 1. The van der Waals surface area contributed by atoms with Gasteiger partial charge in [0.1, 0.15) is 11.6 Å². The van der Waals surface area contributed by atoms with Gasteiger partial charge in [-0.15, -0.1) is 0 Å². The van der Waals surface area contributed by atoms with E-state index in [-0.39, 0.29) is 23.5 Å². The molecule has 22 heavy (non-hydrogen) atoms. The summed E-state index contributed by atoms with van der Waals surface area (Å²) in [6.07, 6.45) is 3.29. The topological polar surface area (TPSA) is 54.3 Å². The summed E-state index contributed by atoms with van der Waals surface area (Å²) < 4.78 is 18.8. The zero-order chi connectivity index (χ0) is 15.1. The van der Waals surface area contributed by atoms with Crippen molar-refractivity contribution in [3.8, 4) is 11.3 Å². The summed E-state index contributed by atoms with van der Waals surface area (Å²) in [6, 6.07) is 10.6. The Labute approximate surface area is 127 Å². The Morgan fingerprint density at radius 2 is 2.18 bits per heavy atom. The van der Waals surface area contributed by atoms with Crippen LogP contribution in [0, 0.1) is 5.82 Å². The molecule has 2 N–H and O–H groups in total. The highest BCUT2D eigenvalue weighted by atomic mass is 19.1. The molecule has 3 atom stereocenters. The van der Waals surface area contributed by atoms with E-state index < -0.39 is 0 Å². The lowest BCUT2D eigenvalue weighted by atomic mass is 9.95. The molecule has 0 aliphatic carbocycles. The maximum absolute atomic E-state index is 13.2. The van der Waals surface area contributed by atoms with Gasteiger partial charge < -0.3 is 15.1 Å². The molecule has 4 rings (SSSR count). The van der Waals surface area contributed by atoms with Gasteiger partial charge in [0.15, 0.2) is 5.76 Å². The molecule has 2 aromatic rings. The first-order chi connectivity index (χ1) is 10.7. The summed E-state index contributed by atoms with van der Waals surface area (Å²) in [4.78, 5) is 12.3. The highest BCUT2D eigenvalue weighted by Gasteiger charge is 2.39. The Morgan fingerprint density at radius 1 is 1.27 bits per heavy atom. The number of nitrogens with one attached hydrogen (secondary N) is 2. The Morgan fingerprint density at radius 3 is 2.91 bits per heavy atom. The SMILES string of the molecule is O=C(N[C@@H]1CC2CCC1N2)c1ccc(-c2cccc(F)c2)o1. The molecule has 0 spiro atoms. The van der Waals surface area contributed by atoms with Crippen LogP contribution in [0.4, 0.5) is 4.39 Å². The van der Waals surface area contributed by atoms with Crippen LogP contribution in [-0.2, 0) is 0 Å². The summed E-state index contributed by atoms with van der Waals surface area (Å²) >= 11 is 0. The molecule has 0 radical (unpaired) electrons. The Kier molecular flexibility index (Phi) is 3.22. The van der Waals surface area contributed by atoms with Crippen LogP contribution in [0.15, 0.2) is 40.8 Å². The fourth-order valence-electron chi connectivity index (χ4n) is 3.48. The van der Waals surface area contributed by atoms with E-state index in [1.54, 1.807) is 24.3 Å². The molecule has 2 unspecified atom stereocenters. The van der Waals surface area contributed by atoms with E-state index in [1.807, 2.05) is 0 Å². The maximum Gasteiger partial charge on any atom is 0.287 e. The average Bonchev–Trinajstić information content (AvgIpc) is 3.23. The summed E-state index contributed by atoms with van der Waals surface area (Å²) in [6.45, 7) is 0. The van der Waals surface area contributed by atoms with Gasteiger partial charge in [-0.1, -0.05) is 12.1 Å². The van der Waals surface area contributed by atoms with Crippen LogP contribution in [0.1, 0.15) is 29.8 Å². The lowest BCUT2D eigenvalue weighted by Gasteiger charge is -2.20. The molecular formula is C17H17FN2O2. The van der Waals surface area contributed by atoms with Crippen LogP contribution in [0.2, 0.25) is 0 Å². The van der Waals surface area contributed by atoms with Crippen LogP contribution in [0.3, 0.4) is 0 Å². The smallest absolute Gasteiger partial charge is 0.287 e. The van der Waals surface area contributed by atoms with Crippen molar-refractivity contribution in [1.82, 2.24) is 10.6 Å². The minimum Gasteiger partial charge on any atom is -0.451 e. The number of furan rings is 1. The molecule has 2 aliphatic rings. The van der Waals surface area contributed by atoms with E-state index in [0.29, 0.717) is 23.4 Å². The fourth-order valence-corrected chi connectivity index (χ4v) is 3.48. The molecule has 4 nitrogen and oxygen atoms in total. The Balaban J connectivity index is 1.48. The van der Waals surface area contributed by atoms with Crippen LogP contribution >= 0.6 is 0 Å². The van der Waals surface area contributed by atoms with Gasteiger partial charge in [-0.05, 0) is 43.5 Å². The predicted octanol–water partition coefficient (Wildman–Crippen LogP) is 2.71. The number of carbonyl (C=O) groups is 1. The number of benzene rings is 1. The first-order valence-corrected chi connectivity index (χ1v) is 7.62. The average molecular weight is 300 g/mol. The van der Waals surface area contributed by atoms with E-state index >= 15 is 0 Å². The molecule has 1 amide bonds. The molecule has 114 valence electrons. The fraction of sp³-hybridized carbons (Fsp3) is 0.353. The second-order valence-corrected chi connectivity index (χ2v) is 6.04. The van der Waals surface area contributed by atoms with Gasteiger partial charge >= 0.3 is 0 Å². The second-order valence-electron chi connectivity index (χ2n) is 6.04. The van der Waals surface area contributed by atoms with Gasteiger partial charge in [0.25, 0.3) is 5.91 Å². The third-order valence-corrected chi connectivity index (χ3v) is 4.56. The van der Waals surface area contributed by atoms with Gasteiger partial charge in [0, 0.05) is 23.7 Å². The van der Waals surface area contributed by atoms with Crippen LogP contribution in [-0.4, -0.2) is 24.0 Å². The lowest BCUT2D eigenvalue weighted by molar-refractivity contribution is 0.0903. The first-order valence-electron chi connectivity index (χ1n) is 7.62. The van der Waals surface area contributed by atoms with Gasteiger partial charge in [-0.3, -0.25) is 4.79 Å². The number of fused-ring (bicyclic) bond motifs is 2. The van der Waals surface area contributed by atoms with E-state index in [4.69, 9.17) is 4.42 Å². The van der Waals surface area contributed by atoms with Gasteiger partial charge in [0.05, 0.1) is 0 Å². The number of hydrogen-bond acceptors (Lipinski definition) is 3. The molecule has 2 aliphatic heterocycles. The summed E-state index contributed by atoms with van der Waals surface area (Å²) in [5.74, 6) is 0.229. The number of hydrogen-bond donors (Lipinski definition) is 2. The summed E-state index contributed by atoms with van der Waals surface area (Å²) in [5, 5.41) is 6.52. The van der Waals surface area contributed by atoms with E-state index in [1.165, 1.54) is 18.6 Å². The largest absolute Gasteiger partial charge is 0.451 e. The van der Waals surface area contributed by atoms with Crippen molar-refractivity contribution in [3.05, 3.63) is 48.0 Å². The van der Waals surface area contributed by atoms with Crippen molar-refractivity contribution in [2.45, 2.75) is 37.4 Å². The molecule has 2 fully saturated rings. The van der Waals surface area contributed by atoms with E-state index in [0.717, 1.165) is 12.8 Å². The zero-order valence-electron chi connectivity index (χ0n) is 12.0. The number of halogens is 1. The Hall–Kier alpha value is -2.14. The van der Waals surface area contributed by atoms with Crippen LogP contribution < -0.4 is 10.6 Å². The third kappa shape index (κ3) is 2.41. The molecule has 5 heteroatoms. The first kappa shape index (κ1) is 13.5. The Bertz CT molecular complexity index is 712. The van der Waals surface area contributed by atoms with Crippen molar-refractivity contribution in [2.24, 2.45) is 0 Å². The van der Waals surface area contributed by atoms with Crippen LogP contribution in [0.5, 0.6) is 0 Å². The molecule has 3 heterocycles. The van der Waals surface area contributed by atoms with Crippen molar-refractivity contribution in [1.29, 1.82) is 0 Å². The van der Waals surface area contributed by atoms with Gasteiger partial charge in [0.2, 0.25) is 0 Å². The predicted molar refractivity (Wildman–Crippen MR) is 79.9 cm³/mol. The van der Waals surface area contributed by atoms with E-state index in [9.17, 15) is 9.18 Å². The molecule has 2 bridgehead atoms. The van der Waals surface area contributed by atoms with Crippen molar-refractivity contribution in [3.63, 3.8) is 0 Å². The molecule has 1 aromatic heterocycles. The second kappa shape index (κ2) is 5.25. The van der Waals surface area contributed by atoms with Crippen molar-refractivity contribution < 1.29 is 13.6 Å². The summed E-state index contributed by atoms with van der Waals surface area (Å²) in [7, 11) is 0. The van der Waals surface area contributed by atoms with Crippen molar-refractivity contribution in [2.75, 3.05) is 0 Å². The molecule has 0 saturated carbocycles. The van der Waals surface area contributed by atoms with Gasteiger partial charge in [-0.2, -0.15) is 0 Å². The van der Waals surface area contributed by atoms with Crippen LogP contribution in [0.25, 0.3) is 11.3 Å². The number of carbonyl (C=O) groups excluding carboxylic acids is 1. The molecular weight excluding hydrogens is 283 g/mol. The van der Waals surface area contributed by atoms with Gasteiger partial charge in [-0.25, -0.2) is 4.39 Å². The lowest BCUT2D eigenvalue weighted by Crippen LogP contribution is -2.42. The minimum atomic E-state index is -0.326. The highest BCUT2D eigenvalue weighted by molar-refractivity contribution is 5.92. The van der Waals surface area contributed by atoms with E-state index in [2.05, 4.69) is 10.6 Å². The highest BCUT2D eigenvalue weighted by Crippen LogP contribution is 2.29. The quantitative estimate of drug-likeness (QED) is 0.916. The summed E-state index contributed by atoms with van der Waals surface area (Å²) in [5.41, 5.74) is 0.626. The normalized spacial score (nSPS) is 26.3. The zero-order valence-corrected chi connectivity index (χ0v) is 12.0. The molecule has 1 aromatic carbocycles. The number of rotatable bonds is 3.